The van der Waals surface area contributed by atoms with E-state index in [2.05, 4.69) is 30.8 Å². The van der Waals surface area contributed by atoms with Crippen molar-refractivity contribution in [1.82, 2.24) is 4.98 Å². The number of rotatable bonds is 2. The summed E-state index contributed by atoms with van der Waals surface area (Å²) in [5.74, 6) is 1.30. The number of aliphatic imine (C=N–C) groups is 1. The van der Waals surface area contributed by atoms with Crippen molar-refractivity contribution >= 4 is 38.8 Å². The van der Waals surface area contributed by atoms with Crippen LogP contribution in [-0.2, 0) is 0 Å². The average molecular weight is 347 g/mol. The van der Waals surface area contributed by atoms with Crippen LogP contribution in [0.5, 0.6) is 5.75 Å². The highest BCUT2D eigenvalue weighted by Gasteiger charge is 2.23. The first-order valence-corrected chi connectivity index (χ1v) is 7.29. The molecule has 21 heavy (non-hydrogen) atoms. The van der Waals surface area contributed by atoms with Crippen molar-refractivity contribution < 1.29 is 4.74 Å². The van der Waals surface area contributed by atoms with E-state index in [4.69, 9.17) is 10.5 Å². The minimum absolute atomic E-state index is 0.540. The molecule has 6 heteroatoms. The van der Waals surface area contributed by atoms with Crippen molar-refractivity contribution in [2.24, 2.45) is 10.7 Å². The fourth-order valence-corrected chi connectivity index (χ4v) is 2.90. The van der Waals surface area contributed by atoms with E-state index >= 15 is 0 Å². The van der Waals surface area contributed by atoms with Crippen LogP contribution in [0, 0.1) is 6.92 Å². The predicted octanol–water partition coefficient (Wildman–Crippen LogP) is 3.30. The number of amidine groups is 1. The van der Waals surface area contributed by atoms with Crippen LogP contribution in [-0.4, -0.2) is 24.5 Å². The number of anilines is 2. The Bertz CT molecular complexity index is 730. The Kier molecular flexibility index (Phi) is 3.55. The van der Waals surface area contributed by atoms with Gasteiger partial charge in [-0.05, 0) is 41.1 Å². The Balaban J connectivity index is 2.17. The molecular weight excluding hydrogens is 332 g/mol. The highest BCUT2D eigenvalue weighted by atomic mass is 79.9. The maximum Gasteiger partial charge on any atom is 0.135 e. The second-order valence-electron chi connectivity index (χ2n) is 4.77. The number of aryl methyl sites for hydroxylation is 1. The molecule has 0 fully saturated rings. The van der Waals surface area contributed by atoms with Gasteiger partial charge in [0.15, 0.2) is 0 Å². The fourth-order valence-electron chi connectivity index (χ4n) is 2.41. The standard InChI is InChI=1S/C15H15BrN4O/c1-9-12(4-3-5-18-9)20-8-15(17)19-11-7-14(21-2)10(16)6-13(11)20/h3-7H,8H2,1-2H3,(H2,17,19). The average Bonchev–Trinajstić information content (AvgIpc) is 2.47. The minimum Gasteiger partial charge on any atom is -0.495 e. The summed E-state index contributed by atoms with van der Waals surface area (Å²) in [6.07, 6.45) is 1.78. The second-order valence-corrected chi connectivity index (χ2v) is 5.63. The van der Waals surface area contributed by atoms with Crippen LogP contribution in [0.25, 0.3) is 0 Å². The number of methoxy groups -OCH3 is 1. The van der Waals surface area contributed by atoms with Crippen LogP contribution in [0.4, 0.5) is 17.1 Å². The lowest BCUT2D eigenvalue weighted by atomic mass is 10.1. The summed E-state index contributed by atoms with van der Waals surface area (Å²) in [5.41, 5.74) is 9.74. The lowest BCUT2D eigenvalue weighted by Gasteiger charge is -2.30. The van der Waals surface area contributed by atoms with Gasteiger partial charge in [-0.15, -0.1) is 0 Å². The van der Waals surface area contributed by atoms with E-state index in [-0.39, 0.29) is 0 Å². The summed E-state index contributed by atoms with van der Waals surface area (Å²) in [6, 6.07) is 7.83. The van der Waals surface area contributed by atoms with Gasteiger partial charge in [0, 0.05) is 12.3 Å². The van der Waals surface area contributed by atoms with Crippen molar-refractivity contribution in [2.45, 2.75) is 6.92 Å². The zero-order valence-electron chi connectivity index (χ0n) is 11.8. The maximum atomic E-state index is 5.99. The van der Waals surface area contributed by atoms with Gasteiger partial charge in [-0.3, -0.25) is 4.98 Å². The second kappa shape index (κ2) is 5.37. The highest BCUT2D eigenvalue weighted by molar-refractivity contribution is 9.10. The van der Waals surface area contributed by atoms with Crippen molar-refractivity contribution in [1.29, 1.82) is 0 Å². The number of aromatic nitrogens is 1. The Morgan fingerprint density at radius 1 is 1.33 bits per heavy atom. The van der Waals surface area contributed by atoms with E-state index < -0.39 is 0 Å². The molecule has 0 aliphatic carbocycles. The highest BCUT2D eigenvalue weighted by Crippen LogP contribution is 2.43. The monoisotopic (exact) mass is 346 g/mol. The number of benzene rings is 1. The van der Waals surface area contributed by atoms with Gasteiger partial charge in [-0.2, -0.15) is 0 Å². The third kappa shape index (κ3) is 2.47. The summed E-state index contributed by atoms with van der Waals surface area (Å²) < 4.78 is 6.20. The van der Waals surface area contributed by atoms with Gasteiger partial charge in [-0.1, -0.05) is 0 Å². The molecule has 2 heterocycles. The van der Waals surface area contributed by atoms with Gasteiger partial charge >= 0.3 is 0 Å². The van der Waals surface area contributed by atoms with Crippen LogP contribution in [0.3, 0.4) is 0 Å². The number of halogens is 1. The Hall–Kier alpha value is -2.08. The number of hydrogen-bond acceptors (Lipinski definition) is 5. The molecule has 0 atom stereocenters. The number of pyridine rings is 1. The first-order chi connectivity index (χ1) is 10.1. The molecule has 2 N–H and O–H groups in total. The molecule has 1 aliphatic rings. The molecule has 1 aromatic heterocycles. The number of nitrogens with two attached hydrogens (primary N) is 1. The molecule has 1 aliphatic heterocycles. The molecule has 108 valence electrons. The first-order valence-electron chi connectivity index (χ1n) is 6.50. The molecule has 0 saturated carbocycles. The quantitative estimate of drug-likeness (QED) is 0.905. The molecule has 2 aromatic rings. The summed E-state index contributed by atoms with van der Waals surface area (Å²) in [7, 11) is 1.63. The molecule has 0 bridgehead atoms. The molecule has 0 radical (unpaired) electrons. The Morgan fingerprint density at radius 2 is 2.14 bits per heavy atom. The summed E-state index contributed by atoms with van der Waals surface area (Å²) in [4.78, 5) is 10.9. The van der Waals surface area contributed by atoms with Gasteiger partial charge in [0.2, 0.25) is 0 Å². The molecule has 5 nitrogen and oxygen atoms in total. The summed E-state index contributed by atoms with van der Waals surface area (Å²) >= 11 is 3.52. The molecule has 0 amide bonds. The zero-order valence-corrected chi connectivity index (χ0v) is 13.4. The third-order valence-electron chi connectivity index (χ3n) is 3.39. The van der Waals surface area contributed by atoms with Crippen molar-refractivity contribution in [3.05, 3.63) is 40.6 Å². The van der Waals surface area contributed by atoms with E-state index in [0.717, 1.165) is 33.0 Å². The van der Waals surface area contributed by atoms with E-state index in [1.54, 1.807) is 13.3 Å². The van der Waals surface area contributed by atoms with Crippen molar-refractivity contribution in [3.8, 4) is 5.75 Å². The largest absolute Gasteiger partial charge is 0.495 e. The summed E-state index contributed by atoms with van der Waals surface area (Å²) in [5, 5.41) is 0. The SMILES string of the molecule is COc1cc2c(cc1Br)N(c1cccnc1C)CC(N)=N2. The molecule has 1 aromatic carbocycles. The van der Waals surface area contributed by atoms with Crippen LogP contribution in [0.15, 0.2) is 39.9 Å². The molecule has 0 spiro atoms. The van der Waals surface area contributed by atoms with E-state index in [1.165, 1.54) is 0 Å². The number of ether oxygens (including phenoxy) is 1. The smallest absolute Gasteiger partial charge is 0.135 e. The molecule has 0 saturated heterocycles. The van der Waals surface area contributed by atoms with E-state index in [9.17, 15) is 0 Å². The third-order valence-corrected chi connectivity index (χ3v) is 4.01. The minimum atomic E-state index is 0.540. The van der Waals surface area contributed by atoms with Crippen molar-refractivity contribution in [2.75, 3.05) is 18.6 Å². The van der Waals surface area contributed by atoms with E-state index in [0.29, 0.717) is 12.4 Å². The Labute approximate surface area is 131 Å². The van der Waals surface area contributed by atoms with Gasteiger partial charge in [-0.25, -0.2) is 4.99 Å². The van der Waals surface area contributed by atoms with Gasteiger partial charge < -0.3 is 15.4 Å². The molecule has 0 unspecified atom stereocenters. The molecular formula is C15H15BrN4O. The maximum absolute atomic E-state index is 5.99. The van der Waals surface area contributed by atoms with Crippen LogP contribution in [0.1, 0.15) is 5.69 Å². The Morgan fingerprint density at radius 3 is 2.86 bits per heavy atom. The normalized spacial score (nSPS) is 13.7. The van der Waals surface area contributed by atoms with Crippen LogP contribution >= 0.6 is 15.9 Å². The lowest BCUT2D eigenvalue weighted by Crippen LogP contribution is -2.33. The van der Waals surface area contributed by atoms with Gasteiger partial charge in [0.05, 0.1) is 40.9 Å². The van der Waals surface area contributed by atoms with E-state index in [1.807, 2.05) is 31.2 Å². The topological polar surface area (TPSA) is 63.7 Å². The predicted molar refractivity (Wildman–Crippen MR) is 88.0 cm³/mol. The van der Waals surface area contributed by atoms with Crippen molar-refractivity contribution in [3.63, 3.8) is 0 Å². The number of fused-ring (bicyclic) bond motifs is 1. The number of hydrogen-bond donors (Lipinski definition) is 1. The molecule has 3 rings (SSSR count). The van der Waals surface area contributed by atoms with Crippen LogP contribution in [0.2, 0.25) is 0 Å². The van der Waals surface area contributed by atoms with Gasteiger partial charge in [0.25, 0.3) is 0 Å². The zero-order chi connectivity index (χ0) is 15.0. The number of nitrogens with zero attached hydrogens (tertiary/aromatic N) is 3. The summed E-state index contributed by atoms with van der Waals surface area (Å²) in [6.45, 7) is 2.52. The van der Waals surface area contributed by atoms with Gasteiger partial charge in [0.1, 0.15) is 11.6 Å². The first kappa shape index (κ1) is 13.9. The van der Waals surface area contributed by atoms with Crippen LogP contribution < -0.4 is 15.4 Å². The lowest BCUT2D eigenvalue weighted by molar-refractivity contribution is 0.412. The fraction of sp³-hybridized carbons (Fsp3) is 0.200.